The molecule has 0 aliphatic heterocycles. The summed E-state index contributed by atoms with van der Waals surface area (Å²) in [5.41, 5.74) is 1.02. The molecule has 2 aromatic carbocycles. The van der Waals surface area contributed by atoms with Crippen molar-refractivity contribution in [3.63, 3.8) is 0 Å². The summed E-state index contributed by atoms with van der Waals surface area (Å²) in [6.07, 6.45) is 2.01. The summed E-state index contributed by atoms with van der Waals surface area (Å²) in [6, 6.07) is 15.5. The fourth-order valence-electron chi connectivity index (χ4n) is 2.02. The molecule has 4 nitrogen and oxygen atoms in total. The third-order valence-electron chi connectivity index (χ3n) is 3.13. The van der Waals surface area contributed by atoms with Crippen molar-refractivity contribution in [1.29, 1.82) is 0 Å². The number of nitrogens with one attached hydrogen (secondary N) is 1. The molecule has 0 heterocycles. The van der Waals surface area contributed by atoms with Crippen molar-refractivity contribution in [3.8, 4) is 17.2 Å². The number of hydrogen-bond acceptors (Lipinski definition) is 4. The Hall–Kier alpha value is -2.46. The molecule has 0 bridgehead atoms. The van der Waals surface area contributed by atoms with E-state index in [0.29, 0.717) is 17.2 Å². The SMILES string of the molecule is CNCC=C(Oc1ccc(OC)c(OC)c1)c1ccccc1. The summed E-state index contributed by atoms with van der Waals surface area (Å²) < 4.78 is 16.6. The zero-order valence-electron chi connectivity index (χ0n) is 13.1. The van der Waals surface area contributed by atoms with Gasteiger partial charge < -0.3 is 19.5 Å². The summed E-state index contributed by atoms with van der Waals surface area (Å²) >= 11 is 0. The number of rotatable bonds is 7. The minimum Gasteiger partial charge on any atom is -0.493 e. The number of ether oxygens (including phenoxy) is 3. The van der Waals surface area contributed by atoms with Crippen molar-refractivity contribution < 1.29 is 14.2 Å². The predicted octanol–water partition coefficient (Wildman–Crippen LogP) is 3.34. The average molecular weight is 299 g/mol. The van der Waals surface area contributed by atoms with Crippen LogP contribution in [-0.4, -0.2) is 27.8 Å². The van der Waals surface area contributed by atoms with Crippen molar-refractivity contribution in [3.05, 3.63) is 60.2 Å². The van der Waals surface area contributed by atoms with Gasteiger partial charge in [-0.05, 0) is 25.3 Å². The molecule has 0 aliphatic carbocycles. The Balaban J connectivity index is 2.28. The van der Waals surface area contributed by atoms with Crippen LogP contribution in [0.25, 0.3) is 5.76 Å². The molecule has 0 radical (unpaired) electrons. The van der Waals surface area contributed by atoms with Gasteiger partial charge in [0.25, 0.3) is 0 Å². The first kappa shape index (κ1) is 15.9. The lowest BCUT2D eigenvalue weighted by Gasteiger charge is -2.13. The van der Waals surface area contributed by atoms with Crippen LogP contribution in [0.4, 0.5) is 0 Å². The summed E-state index contributed by atoms with van der Waals surface area (Å²) in [7, 11) is 5.12. The highest BCUT2D eigenvalue weighted by Crippen LogP contribution is 2.32. The molecule has 4 heteroatoms. The highest BCUT2D eigenvalue weighted by Gasteiger charge is 2.08. The average Bonchev–Trinajstić information content (AvgIpc) is 2.59. The third kappa shape index (κ3) is 4.02. The van der Waals surface area contributed by atoms with E-state index in [2.05, 4.69) is 5.32 Å². The second-order valence-electron chi connectivity index (χ2n) is 4.61. The maximum atomic E-state index is 6.03. The highest BCUT2D eigenvalue weighted by atomic mass is 16.5. The minimum atomic E-state index is 0.640. The van der Waals surface area contributed by atoms with E-state index in [1.165, 1.54) is 0 Å². The Morgan fingerprint density at radius 1 is 1.00 bits per heavy atom. The molecule has 0 aromatic heterocycles. The number of likely N-dealkylation sites (N-methyl/N-ethyl adjacent to an activating group) is 1. The molecule has 0 amide bonds. The Labute approximate surface area is 131 Å². The van der Waals surface area contributed by atoms with E-state index < -0.39 is 0 Å². The van der Waals surface area contributed by atoms with Gasteiger partial charge in [-0.1, -0.05) is 30.3 Å². The summed E-state index contributed by atoms with van der Waals surface area (Å²) in [5.74, 6) is 2.81. The molecule has 0 fully saturated rings. The molecule has 0 unspecified atom stereocenters. The molecule has 0 spiro atoms. The lowest BCUT2D eigenvalue weighted by Crippen LogP contribution is -2.07. The lowest BCUT2D eigenvalue weighted by atomic mass is 10.2. The van der Waals surface area contributed by atoms with Gasteiger partial charge in [-0.25, -0.2) is 0 Å². The van der Waals surface area contributed by atoms with Gasteiger partial charge in [-0.3, -0.25) is 0 Å². The Bertz CT molecular complexity index is 623. The monoisotopic (exact) mass is 299 g/mol. The molecule has 1 N–H and O–H groups in total. The number of benzene rings is 2. The van der Waals surface area contributed by atoms with E-state index in [1.54, 1.807) is 14.2 Å². The first-order valence-electron chi connectivity index (χ1n) is 7.08. The molecular formula is C18H21NO3. The van der Waals surface area contributed by atoms with E-state index in [0.717, 1.165) is 17.9 Å². The van der Waals surface area contributed by atoms with Crippen LogP contribution >= 0.6 is 0 Å². The van der Waals surface area contributed by atoms with Crippen molar-refractivity contribution in [2.24, 2.45) is 0 Å². The Morgan fingerprint density at radius 2 is 1.73 bits per heavy atom. The van der Waals surface area contributed by atoms with Gasteiger partial charge in [0.15, 0.2) is 11.5 Å². The fraction of sp³-hybridized carbons (Fsp3) is 0.222. The van der Waals surface area contributed by atoms with Crippen molar-refractivity contribution in [2.45, 2.75) is 0 Å². The summed E-state index contributed by atoms with van der Waals surface area (Å²) in [5, 5.41) is 3.09. The number of methoxy groups -OCH3 is 2. The van der Waals surface area contributed by atoms with Crippen molar-refractivity contribution >= 4 is 5.76 Å². The molecule has 0 saturated heterocycles. The summed E-state index contributed by atoms with van der Waals surface area (Å²) in [6.45, 7) is 0.720. The van der Waals surface area contributed by atoms with Crippen LogP contribution in [0.3, 0.4) is 0 Å². The van der Waals surface area contributed by atoms with Crippen LogP contribution < -0.4 is 19.5 Å². The van der Waals surface area contributed by atoms with Gasteiger partial charge >= 0.3 is 0 Å². The molecule has 22 heavy (non-hydrogen) atoms. The smallest absolute Gasteiger partial charge is 0.164 e. The maximum absolute atomic E-state index is 6.03. The van der Waals surface area contributed by atoms with E-state index in [1.807, 2.05) is 61.7 Å². The normalized spacial score (nSPS) is 11.1. The zero-order valence-corrected chi connectivity index (χ0v) is 13.1. The molecule has 0 aliphatic rings. The Kier molecular flexibility index (Phi) is 5.86. The lowest BCUT2D eigenvalue weighted by molar-refractivity contribution is 0.352. The third-order valence-corrected chi connectivity index (χ3v) is 3.13. The summed E-state index contributed by atoms with van der Waals surface area (Å²) in [4.78, 5) is 0. The molecule has 2 rings (SSSR count). The van der Waals surface area contributed by atoms with E-state index in [-0.39, 0.29) is 0 Å². The van der Waals surface area contributed by atoms with Gasteiger partial charge in [0.05, 0.1) is 14.2 Å². The van der Waals surface area contributed by atoms with E-state index >= 15 is 0 Å². The molecule has 0 atom stereocenters. The minimum absolute atomic E-state index is 0.640. The molecule has 0 saturated carbocycles. The first-order valence-corrected chi connectivity index (χ1v) is 7.08. The maximum Gasteiger partial charge on any atom is 0.164 e. The van der Waals surface area contributed by atoms with Crippen LogP contribution in [0.1, 0.15) is 5.56 Å². The van der Waals surface area contributed by atoms with Crippen LogP contribution in [0, 0.1) is 0 Å². The second-order valence-corrected chi connectivity index (χ2v) is 4.61. The van der Waals surface area contributed by atoms with Crippen molar-refractivity contribution in [1.82, 2.24) is 5.32 Å². The van der Waals surface area contributed by atoms with Crippen molar-refractivity contribution in [2.75, 3.05) is 27.8 Å². The van der Waals surface area contributed by atoms with Gasteiger partial charge in [0.1, 0.15) is 11.5 Å². The van der Waals surface area contributed by atoms with Crippen LogP contribution in [0.2, 0.25) is 0 Å². The van der Waals surface area contributed by atoms with Gasteiger partial charge in [-0.2, -0.15) is 0 Å². The Morgan fingerprint density at radius 3 is 2.36 bits per heavy atom. The van der Waals surface area contributed by atoms with Gasteiger partial charge in [0.2, 0.25) is 0 Å². The van der Waals surface area contributed by atoms with Crippen LogP contribution in [0.5, 0.6) is 17.2 Å². The molecule has 2 aromatic rings. The van der Waals surface area contributed by atoms with Crippen LogP contribution in [0.15, 0.2) is 54.6 Å². The standard InChI is InChI=1S/C18H21NO3/c1-19-12-11-16(14-7-5-4-6-8-14)22-15-9-10-17(20-2)18(13-15)21-3/h4-11,13,19H,12H2,1-3H3. The van der Waals surface area contributed by atoms with Gasteiger partial charge in [-0.15, -0.1) is 0 Å². The second kappa shape index (κ2) is 8.10. The highest BCUT2D eigenvalue weighted by molar-refractivity contribution is 5.62. The fourth-order valence-corrected chi connectivity index (χ4v) is 2.02. The van der Waals surface area contributed by atoms with Gasteiger partial charge in [0, 0.05) is 18.2 Å². The predicted molar refractivity (Wildman–Crippen MR) is 88.5 cm³/mol. The number of hydrogen-bond donors (Lipinski definition) is 1. The molecular weight excluding hydrogens is 278 g/mol. The topological polar surface area (TPSA) is 39.7 Å². The van der Waals surface area contributed by atoms with E-state index in [4.69, 9.17) is 14.2 Å². The first-order chi connectivity index (χ1) is 10.8. The van der Waals surface area contributed by atoms with E-state index in [9.17, 15) is 0 Å². The molecule has 116 valence electrons. The zero-order chi connectivity index (χ0) is 15.8. The quantitative estimate of drug-likeness (QED) is 0.796. The van der Waals surface area contributed by atoms with Crippen LogP contribution in [-0.2, 0) is 0 Å². The largest absolute Gasteiger partial charge is 0.493 e.